The number of rotatable bonds is 2. The van der Waals surface area contributed by atoms with Gasteiger partial charge in [-0.3, -0.25) is 0 Å². The number of hydrogen-bond donors (Lipinski definition) is 2. The molecule has 0 saturated heterocycles. The molecule has 2 heteroatoms. The highest BCUT2D eigenvalue weighted by atomic mass is 16.3. The van der Waals surface area contributed by atoms with E-state index in [1.165, 1.54) is 44.9 Å². The van der Waals surface area contributed by atoms with Crippen LogP contribution in [0.3, 0.4) is 0 Å². The van der Waals surface area contributed by atoms with Gasteiger partial charge in [-0.25, -0.2) is 0 Å². The van der Waals surface area contributed by atoms with E-state index in [0.717, 1.165) is 12.8 Å². The Labute approximate surface area is 93.5 Å². The van der Waals surface area contributed by atoms with E-state index in [9.17, 15) is 5.11 Å². The Morgan fingerprint density at radius 3 is 2.33 bits per heavy atom. The van der Waals surface area contributed by atoms with Crippen LogP contribution in [-0.4, -0.2) is 23.8 Å². The minimum Gasteiger partial charge on any atom is -0.388 e. The van der Waals surface area contributed by atoms with E-state index < -0.39 is 5.60 Å². The molecule has 15 heavy (non-hydrogen) atoms. The van der Waals surface area contributed by atoms with Gasteiger partial charge in [-0.15, -0.1) is 0 Å². The van der Waals surface area contributed by atoms with Gasteiger partial charge in [0.05, 0.1) is 5.60 Å². The summed E-state index contributed by atoms with van der Waals surface area (Å²) in [5, 5.41) is 14.2. The zero-order valence-electron chi connectivity index (χ0n) is 9.97. The van der Waals surface area contributed by atoms with Gasteiger partial charge in [-0.1, -0.05) is 32.1 Å². The minimum absolute atomic E-state index is 0.342. The van der Waals surface area contributed by atoms with Gasteiger partial charge in [-0.05, 0) is 38.6 Å². The molecule has 0 aliphatic heterocycles. The molecule has 88 valence electrons. The first-order valence-corrected chi connectivity index (χ1v) is 6.67. The number of likely N-dealkylation sites (N-methyl/N-ethyl adjacent to an activating group) is 1. The van der Waals surface area contributed by atoms with E-state index in [1.54, 1.807) is 0 Å². The SMILES string of the molecule is CN[C@H]1CCCC[C@]1(O)C1CCCCC1. The second-order valence-corrected chi connectivity index (χ2v) is 5.41. The summed E-state index contributed by atoms with van der Waals surface area (Å²) in [6.07, 6.45) is 11.2. The molecular weight excluding hydrogens is 186 g/mol. The fourth-order valence-corrected chi connectivity index (χ4v) is 3.67. The second kappa shape index (κ2) is 4.84. The molecule has 2 fully saturated rings. The Morgan fingerprint density at radius 1 is 1.00 bits per heavy atom. The third-order valence-electron chi connectivity index (χ3n) is 4.58. The lowest BCUT2D eigenvalue weighted by Crippen LogP contribution is -2.56. The van der Waals surface area contributed by atoms with E-state index >= 15 is 0 Å². The predicted octanol–water partition coefficient (Wildman–Crippen LogP) is 2.46. The zero-order chi connectivity index (χ0) is 10.7. The Hall–Kier alpha value is -0.0800. The average molecular weight is 211 g/mol. The summed E-state index contributed by atoms with van der Waals surface area (Å²) in [6.45, 7) is 0. The van der Waals surface area contributed by atoms with Gasteiger partial charge >= 0.3 is 0 Å². The van der Waals surface area contributed by atoms with Crippen molar-refractivity contribution in [3.63, 3.8) is 0 Å². The molecule has 0 heterocycles. The van der Waals surface area contributed by atoms with E-state index in [2.05, 4.69) is 5.32 Å². The molecule has 0 aromatic rings. The van der Waals surface area contributed by atoms with Gasteiger partial charge in [0.2, 0.25) is 0 Å². The van der Waals surface area contributed by atoms with Crippen LogP contribution in [0, 0.1) is 5.92 Å². The maximum atomic E-state index is 10.9. The molecule has 2 saturated carbocycles. The molecule has 2 aliphatic carbocycles. The van der Waals surface area contributed by atoms with Crippen molar-refractivity contribution in [1.29, 1.82) is 0 Å². The van der Waals surface area contributed by atoms with E-state index in [0.29, 0.717) is 12.0 Å². The molecule has 0 aromatic heterocycles. The molecule has 2 nitrogen and oxygen atoms in total. The van der Waals surface area contributed by atoms with Crippen molar-refractivity contribution < 1.29 is 5.11 Å². The molecule has 2 rings (SSSR count). The van der Waals surface area contributed by atoms with Gasteiger partial charge < -0.3 is 10.4 Å². The first kappa shape index (κ1) is 11.4. The van der Waals surface area contributed by atoms with Gasteiger partial charge in [0.25, 0.3) is 0 Å². The maximum absolute atomic E-state index is 10.9. The molecule has 0 spiro atoms. The van der Waals surface area contributed by atoms with Crippen molar-refractivity contribution in [1.82, 2.24) is 5.32 Å². The van der Waals surface area contributed by atoms with Crippen molar-refractivity contribution in [3.05, 3.63) is 0 Å². The summed E-state index contributed by atoms with van der Waals surface area (Å²) in [6, 6.07) is 0.342. The molecule has 0 unspecified atom stereocenters. The zero-order valence-corrected chi connectivity index (χ0v) is 9.97. The summed E-state index contributed by atoms with van der Waals surface area (Å²) in [5.41, 5.74) is -0.395. The molecule has 0 radical (unpaired) electrons. The molecule has 0 bridgehead atoms. The summed E-state index contributed by atoms with van der Waals surface area (Å²) >= 11 is 0. The lowest BCUT2D eigenvalue weighted by atomic mass is 9.67. The Balaban J connectivity index is 2.06. The van der Waals surface area contributed by atoms with E-state index in [4.69, 9.17) is 0 Å². The fraction of sp³-hybridized carbons (Fsp3) is 1.00. The van der Waals surface area contributed by atoms with Crippen molar-refractivity contribution in [2.45, 2.75) is 69.4 Å². The highest BCUT2D eigenvalue weighted by Gasteiger charge is 2.44. The Kier molecular flexibility index (Phi) is 3.68. The average Bonchev–Trinajstić information content (AvgIpc) is 2.31. The van der Waals surface area contributed by atoms with Gasteiger partial charge in [-0.2, -0.15) is 0 Å². The largest absolute Gasteiger partial charge is 0.388 e. The Bertz CT molecular complexity index is 201. The van der Waals surface area contributed by atoms with Crippen molar-refractivity contribution in [2.24, 2.45) is 5.92 Å². The summed E-state index contributed by atoms with van der Waals surface area (Å²) in [7, 11) is 2.00. The normalized spacial score (nSPS) is 39.2. The van der Waals surface area contributed by atoms with Crippen molar-refractivity contribution >= 4 is 0 Å². The lowest BCUT2D eigenvalue weighted by Gasteiger charge is -2.46. The third kappa shape index (κ3) is 2.21. The predicted molar refractivity (Wildman–Crippen MR) is 62.8 cm³/mol. The highest BCUT2D eigenvalue weighted by Crippen LogP contribution is 2.41. The molecule has 2 N–H and O–H groups in total. The quantitative estimate of drug-likeness (QED) is 0.735. The number of hydrogen-bond acceptors (Lipinski definition) is 2. The smallest absolute Gasteiger partial charge is 0.0827 e. The topological polar surface area (TPSA) is 32.3 Å². The van der Waals surface area contributed by atoms with Crippen LogP contribution >= 0.6 is 0 Å². The van der Waals surface area contributed by atoms with E-state index in [1.807, 2.05) is 7.05 Å². The Morgan fingerprint density at radius 2 is 1.67 bits per heavy atom. The van der Waals surface area contributed by atoms with Gasteiger partial charge in [0.15, 0.2) is 0 Å². The summed E-state index contributed by atoms with van der Waals surface area (Å²) in [4.78, 5) is 0. The van der Waals surface area contributed by atoms with Crippen LogP contribution in [0.15, 0.2) is 0 Å². The summed E-state index contributed by atoms with van der Waals surface area (Å²) in [5.74, 6) is 0.559. The molecular formula is C13H25NO. The molecule has 0 aromatic carbocycles. The van der Waals surface area contributed by atoms with Crippen molar-refractivity contribution in [3.8, 4) is 0 Å². The summed E-state index contributed by atoms with van der Waals surface area (Å²) < 4.78 is 0. The third-order valence-corrected chi connectivity index (χ3v) is 4.58. The number of nitrogens with one attached hydrogen (secondary N) is 1. The van der Waals surface area contributed by atoms with Crippen LogP contribution in [0.2, 0.25) is 0 Å². The standard InChI is InChI=1S/C13H25NO/c1-14-12-9-5-6-10-13(12,15)11-7-3-2-4-8-11/h11-12,14-15H,2-10H2,1H3/t12-,13-/m0/s1. The maximum Gasteiger partial charge on any atom is 0.0827 e. The van der Waals surface area contributed by atoms with Crippen LogP contribution in [0.5, 0.6) is 0 Å². The van der Waals surface area contributed by atoms with Crippen LogP contribution in [0.25, 0.3) is 0 Å². The first-order chi connectivity index (χ1) is 7.27. The fourth-order valence-electron chi connectivity index (χ4n) is 3.67. The van der Waals surface area contributed by atoms with Gasteiger partial charge in [0, 0.05) is 6.04 Å². The van der Waals surface area contributed by atoms with E-state index in [-0.39, 0.29) is 0 Å². The second-order valence-electron chi connectivity index (χ2n) is 5.41. The first-order valence-electron chi connectivity index (χ1n) is 6.67. The monoisotopic (exact) mass is 211 g/mol. The van der Waals surface area contributed by atoms with Crippen LogP contribution in [0.4, 0.5) is 0 Å². The molecule has 0 amide bonds. The van der Waals surface area contributed by atoms with Crippen LogP contribution in [0.1, 0.15) is 57.8 Å². The highest BCUT2D eigenvalue weighted by molar-refractivity contribution is 4.99. The molecule has 2 aliphatic rings. The lowest BCUT2D eigenvalue weighted by molar-refractivity contribution is -0.0838. The van der Waals surface area contributed by atoms with Crippen molar-refractivity contribution in [2.75, 3.05) is 7.05 Å². The number of aliphatic hydroxyl groups is 1. The van der Waals surface area contributed by atoms with Crippen LogP contribution < -0.4 is 5.32 Å². The van der Waals surface area contributed by atoms with Gasteiger partial charge in [0.1, 0.15) is 0 Å². The van der Waals surface area contributed by atoms with Crippen LogP contribution in [-0.2, 0) is 0 Å². The molecule has 2 atom stereocenters. The minimum atomic E-state index is -0.395.